The third-order valence-electron chi connectivity index (χ3n) is 1.55. The fourth-order valence-corrected chi connectivity index (χ4v) is 1.15. The average molecular weight is 176 g/mol. The van der Waals surface area contributed by atoms with E-state index in [2.05, 4.69) is 24.2 Å². The van der Waals surface area contributed by atoms with Crippen LogP contribution in [0.4, 0.5) is 5.69 Å². The molecule has 13 heavy (non-hydrogen) atoms. The van der Waals surface area contributed by atoms with Crippen molar-refractivity contribution in [1.82, 2.24) is 0 Å². The van der Waals surface area contributed by atoms with Crippen LogP contribution in [0, 0.1) is 0 Å². The van der Waals surface area contributed by atoms with Crippen molar-refractivity contribution in [1.29, 1.82) is 0 Å². The van der Waals surface area contributed by atoms with Crippen molar-refractivity contribution in [2.45, 2.75) is 26.8 Å². The van der Waals surface area contributed by atoms with Gasteiger partial charge in [0.05, 0.1) is 5.84 Å². The lowest BCUT2D eigenvalue weighted by Crippen LogP contribution is -2.09. The predicted molar refractivity (Wildman–Crippen MR) is 58.3 cm³/mol. The molecule has 0 aliphatic rings. The second kappa shape index (κ2) is 4.65. The van der Waals surface area contributed by atoms with Crippen molar-refractivity contribution in [2.75, 3.05) is 5.32 Å². The largest absolute Gasteiger partial charge is 0.344 e. The van der Waals surface area contributed by atoms with Gasteiger partial charge in [-0.15, -0.1) is 0 Å². The maximum atomic E-state index is 4.38. The maximum Gasteiger partial charge on any atom is 0.0978 e. The zero-order valence-electron chi connectivity index (χ0n) is 8.41. The first-order valence-electron chi connectivity index (χ1n) is 4.55. The quantitative estimate of drug-likeness (QED) is 0.543. The van der Waals surface area contributed by atoms with Crippen molar-refractivity contribution < 1.29 is 0 Å². The van der Waals surface area contributed by atoms with E-state index in [1.54, 1.807) is 0 Å². The fraction of sp³-hybridized carbons (Fsp3) is 0.364. The Morgan fingerprint density at radius 3 is 2.38 bits per heavy atom. The third kappa shape index (κ3) is 3.74. The molecule has 0 heterocycles. The Bertz CT molecular complexity index is 275. The highest BCUT2D eigenvalue weighted by atomic mass is 15.0. The Morgan fingerprint density at radius 1 is 1.23 bits per heavy atom. The minimum atomic E-state index is 0.344. The van der Waals surface area contributed by atoms with Gasteiger partial charge in [-0.3, -0.25) is 4.99 Å². The Morgan fingerprint density at radius 2 is 1.85 bits per heavy atom. The van der Waals surface area contributed by atoms with E-state index < -0.39 is 0 Å². The van der Waals surface area contributed by atoms with E-state index in [0.29, 0.717) is 6.04 Å². The Labute approximate surface area is 79.7 Å². The molecule has 0 saturated carbocycles. The molecular formula is C11H16N2. The van der Waals surface area contributed by atoms with Crippen LogP contribution in [0.5, 0.6) is 0 Å². The first-order chi connectivity index (χ1) is 6.18. The summed E-state index contributed by atoms with van der Waals surface area (Å²) in [6.07, 6.45) is 0. The molecule has 0 radical (unpaired) electrons. The van der Waals surface area contributed by atoms with E-state index in [-0.39, 0.29) is 0 Å². The summed E-state index contributed by atoms with van der Waals surface area (Å²) in [6.45, 7) is 6.11. The molecule has 1 aromatic carbocycles. The molecule has 1 rings (SSSR count). The summed E-state index contributed by atoms with van der Waals surface area (Å²) < 4.78 is 0. The van der Waals surface area contributed by atoms with Gasteiger partial charge in [0, 0.05) is 11.7 Å². The van der Waals surface area contributed by atoms with Gasteiger partial charge in [-0.2, -0.15) is 0 Å². The second-order valence-electron chi connectivity index (χ2n) is 3.30. The highest BCUT2D eigenvalue weighted by Gasteiger charge is 1.93. The molecule has 0 fully saturated rings. The van der Waals surface area contributed by atoms with Crippen LogP contribution in [0.15, 0.2) is 35.3 Å². The van der Waals surface area contributed by atoms with Crippen molar-refractivity contribution in [2.24, 2.45) is 4.99 Å². The third-order valence-corrected chi connectivity index (χ3v) is 1.55. The zero-order valence-corrected chi connectivity index (χ0v) is 8.41. The van der Waals surface area contributed by atoms with Crippen LogP contribution in [0.1, 0.15) is 20.8 Å². The Balaban J connectivity index is 2.60. The van der Waals surface area contributed by atoms with Crippen LogP contribution in [0.2, 0.25) is 0 Å². The molecule has 0 unspecified atom stereocenters. The zero-order chi connectivity index (χ0) is 9.68. The number of amidine groups is 1. The van der Waals surface area contributed by atoms with E-state index in [0.717, 1.165) is 11.5 Å². The van der Waals surface area contributed by atoms with Crippen LogP contribution < -0.4 is 5.32 Å². The molecule has 0 amide bonds. The highest BCUT2D eigenvalue weighted by Crippen LogP contribution is 2.05. The SMILES string of the molecule is CC(=NC(C)C)Nc1ccccc1. The topological polar surface area (TPSA) is 24.4 Å². The number of hydrogen-bond donors (Lipinski definition) is 1. The number of anilines is 1. The molecule has 2 nitrogen and oxygen atoms in total. The van der Waals surface area contributed by atoms with E-state index >= 15 is 0 Å². The van der Waals surface area contributed by atoms with Gasteiger partial charge in [-0.1, -0.05) is 18.2 Å². The monoisotopic (exact) mass is 176 g/mol. The summed E-state index contributed by atoms with van der Waals surface area (Å²) in [6, 6.07) is 10.4. The van der Waals surface area contributed by atoms with Crippen molar-refractivity contribution in [3.05, 3.63) is 30.3 Å². The number of hydrogen-bond acceptors (Lipinski definition) is 1. The number of nitrogens with one attached hydrogen (secondary N) is 1. The summed E-state index contributed by atoms with van der Waals surface area (Å²) >= 11 is 0. The smallest absolute Gasteiger partial charge is 0.0978 e. The summed E-state index contributed by atoms with van der Waals surface area (Å²) in [5.41, 5.74) is 1.09. The standard InChI is InChI=1S/C11H16N2/c1-9(2)12-10(3)13-11-7-5-4-6-8-11/h4-9H,1-3H3,(H,12,13). The number of benzene rings is 1. The molecule has 0 bridgehead atoms. The van der Waals surface area contributed by atoms with E-state index in [4.69, 9.17) is 0 Å². The molecular weight excluding hydrogens is 160 g/mol. The Hall–Kier alpha value is -1.31. The summed E-state index contributed by atoms with van der Waals surface area (Å²) in [7, 11) is 0. The molecule has 0 spiro atoms. The van der Waals surface area contributed by atoms with Gasteiger partial charge >= 0.3 is 0 Å². The number of rotatable bonds is 2. The lowest BCUT2D eigenvalue weighted by Gasteiger charge is -2.06. The van der Waals surface area contributed by atoms with E-state index in [1.807, 2.05) is 37.3 Å². The first kappa shape index (κ1) is 9.78. The average Bonchev–Trinajstić information content (AvgIpc) is 2.04. The number of para-hydroxylation sites is 1. The predicted octanol–water partition coefficient (Wildman–Crippen LogP) is 2.93. The van der Waals surface area contributed by atoms with Crippen LogP contribution in [0.25, 0.3) is 0 Å². The highest BCUT2D eigenvalue weighted by molar-refractivity contribution is 5.93. The summed E-state index contributed by atoms with van der Waals surface area (Å²) in [5.74, 6) is 0.959. The lowest BCUT2D eigenvalue weighted by atomic mass is 10.3. The summed E-state index contributed by atoms with van der Waals surface area (Å²) in [5, 5.41) is 3.22. The molecule has 70 valence electrons. The minimum Gasteiger partial charge on any atom is -0.344 e. The van der Waals surface area contributed by atoms with Crippen LogP contribution >= 0.6 is 0 Å². The fourth-order valence-electron chi connectivity index (χ4n) is 1.15. The lowest BCUT2D eigenvalue weighted by molar-refractivity contribution is 0.834. The van der Waals surface area contributed by atoms with Crippen molar-refractivity contribution >= 4 is 11.5 Å². The van der Waals surface area contributed by atoms with Gasteiger partial charge in [0.25, 0.3) is 0 Å². The Kier molecular flexibility index (Phi) is 3.50. The van der Waals surface area contributed by atoms with Gasteiger partial charge in [0.2, 0.25) is 0 Å². The molecule has 0 saturated heterocycles. The molecule has 0 aromatic heterocycles. The van der Waals surface area contributed by atoms with Crippen LogP contribution in [0.3, 0.4) is 0 Å². The molecule has 0 aliphatic carbocycles. The molecule has 1 N–H and O–H groups in total. The number of nitrogens with zero attached hydrogens (tertiary/aromatic N) is 1. The normalized spacial score (nSPS) is 11.8. The van der Waals surface area contributed by atoms with Gasteiger partial charge < -0.3 is 5.32 Å². The molecule has 0 aliphatic heterocycles. The summed E-state index contributed by atoms with van der Waals surface area (Å²) in [4.78, 5) is 4.38. The van der Waals surface area contributed by atoms with Crippen molar-refractivity contribution in [3.8, 4) is 0 Å². The van der Waals surface area contributed by atoms with Gasteiger partial charge in [-0.25, -0.2) is 0 Å². The van der Waals surface area contributed by atoms with Gasteiger partial charge in [-0.05, 0) is 32.9 Å². The first-order valence-corrected chi connectivity index (χ1v) is 4.55. The van der Waals surface area contributed by atoms with Crippen molar-refractivity contribution in [3.63, 3.8) is 0 Å². The van der Waals surface area contributed by atoms with Gasteiger partial charge in [0.15, 0.2) is 0 Å². The molecule has 0 atom stereocenters. The molecule has 2 heteroatoms. The van der Waals surface area contributed by atoms with E-state index in [1.165, 1.54) is 0 Å². The second-order valence-corrected chi connectivity index (χ2v) is 3.30. The number of aliphatic imine (C=N–C) groups is 1. The van der Waals surface area contributed by atoms with Crippen LogP contribution in [-0.2, 0) is 0 Å². The van der Waals surface area contributed by atoms with E-state index in [9.17, 15) is 0 Å². The maximum absolute atomic E-state index is 4.38. The minimum absolute atomic E-state index is 0.344. The van der Waals surface area contributed by atoms with Gasteiger partial charge in [0.1, 0.15) is 0 Å². The molecule has 1 aromatic rings. The van der Waals surface area contributed by atoms with Crippen LogP contribution in [-0.4, -0.2) is 11.9 Å².